The third-order valence-corrected chi connectivity index (χ3v) is 3.47. The third kappa shape index (κ3) is 3.85. The second-order valence-corrected chi connectivity index (χ2v) is 5.54. The normalized spacial score (nSPS) is 15.0. The molecule has 1 aromatic rings. The van der Waals surface area contributed by atoms with Gasteiger partial charge in [0.25, 0.3) is 0 Å². The third-order valence-electron chi connectivity index (χ3n) is 3.47. The van der Waals surface area contributed by atoms with Gasteiger partial charge < -0.3 is 5.32 Å². The molecule has 17 heavy (non-hydrogen) atoms. The van der Waals surface area contributed by atoms with Gasteiger partial charge in [0.1, 0.15) is 0 Å². The van der Waals surface area contributed by atoms with Crippen LogP contribution in [0.2, 0.25) is 0 Å². The van der Waals surface area contributed by atoms with Crippen molar-refractivity contribution in [3.05, 3.63) is 34.9 Å². The van der Waals surface area contributed by atoms with E-state index < -0.39 is 0 Å². The highest BCUT2D eigenvalue weighted by Gasteiger charge is 2.21. The predicted molar refractivity (Wildman–Crippen MR) is 76.6 cm³/mol. The highest BCUT2D eigenvalue weighted by Crippen LogP contribution is 2.25. The van der Waals surface area contributed by atoms with E-state index in [1.165, 1.54) is 16.7 Å². The molecule has 1 nitrogen and oxygen atoms in total. The van der Waals surface area contributed by atoms with E-state index in [-0.39, 0.29) is 0 Å². The van der Waals surface area contributed by atoms with Gasteiger partial charge in [-0.1, -0.05) is 57.0 Å². The molecular weight excluding hydrogens is 206 g/mol. The van der Waals surface area contributed by atoms with Crippen LogP contribution in [0.15, 0.2) is 18.2 Å². The molecule has 1 heteroatoms. The van der Waals surface area contributed by atoms with E-state index in [1.807, 2.05) is 0 Å². The Morgan fingerprint density at radius 2 is 1.53 bits per heavy atom. The second kappa shape index (κ2) is 6.20. The van der Waals surface area contributed by atoms with Crippen LogP contribution >= 0.6 is 0 Å². The molecule has 0 spiro atoms. The molecule has 0 fully saturated rings. The summed E-state index contributed by atoms with van der Waals surface area (Å²) in [5.41, 5.74) is 4.19. The molecule has 0 aromatic heterocycles. The molecule has 1 N–H and O–H groups in total. The fourth-order valence-electron chi connectivity index (χ4n) is 2.71. The van der Waals surface area contributed by atoms with Gasteiger partial charge in [-0.2, -0.15) is 0 Å². The van der Waals surface area contributed by atoms with Crippen molar-refractivity contribution in [2.75, 3.05) is 6.54 Å². The smallest absolute Gasteiger partial charge is 0.0156 e. The van der Waals surface area contributed by atoms with Crippen molar-refractivity contribution >= 4 is 0 Å². The summed E-state index contributed by atoms with van der Waals surface area (Å²) in [6, 6.07) is 7.45. The molecule has 0 amide bonds. The zero-order valence-electron chi connectivity index (χ0n) is 12.2. The molecule has 0 saturated heterocycles. The minimum Gasteiger partial charge on any atom is -0.313 e. The van der Waals surface area contributed by atoms with Crippen molar-refractivity contribution in [1.29, 1.82) is 0 Å². The molecule has 0 heterocycles. The van der Waals surface area contributed by atoms with Crippen LogP contribution in [0.1, 0.15) is 50.3 Å². The van der Waals surface area contributed by atoms with Gasteiger partial charge >= 0.3 is 0 Å². The van der Waals surface area contributed by atoms with Crippen LogP contribution in [0.5, 0.6) is 0 Å². The van der Waals surface area contributed by atoms with E-state index in [0.29, 0.717) is 17.9 Å². The van der Waals surface area contributed by atoms with Gasteiger partial charge in [0.2, 0.25) is 0 Å². The maximum Gasteiger partial charge on any atom is 0.0156 e. The van der Waals surface area contributed by atoms with Crippen LogP contribution < -0.4 is 5.32 Å². The van der Waals surface area contributed by atoms with Crippen molar-refractivity contribution in [2.24, 2.45) is 5.92 Å². The number of nitrogens with one attached hydrogen (secondary N) is 1. The van der Waals surface area contributed by atoms with Crippen LogP contribution in [-0.4, -0.2) is 12.6 Å². The average molecular weight is 233 g/mol. The van der Waals surface area contributed by atoms with Crippen molar-refractivity contribution < 1.29 is 0 Å². The highest BCUT2D eigenvalue weighted by atomic mass is 14.9. The lowest BCUT2D eigenvalue weighted by Crippen LogP contribution is -2.38. The van der Waals surface area contributed by atoms with Gasteiger partial charge in [-0.3, -0.25) is 0 Å². The highest BCUT2D eigenvalue weighted by molar-refractivity contribution is 5.31. The van der Waals surface area contributed by atoms with E-state index in [9.17, 15) is 0 Å². The summed E-state index contributed by atoms with van der Waals surface area (Å²) in [4.78, 5) is 0. The van der Waals surface area contributed by atoms with Crippen molar-refractivity contribution in [3.63, 3.8) is 0 Å². The van der Waals surface area contributed by atoms with Gasteiger partial charge in [-0.15, -0.1) is 0 Å². The molecule has 2 atom stereocenters. The summed E-state index contributed by atoms with van der Waals surface area (Å²) in [5, 5.41) is 3.62. The first kappa shape index (κ1) is 14.2. The molecule has 1 rings (SSSR count). The topological polar surface area (TPSA) is 12.0 Å². The van der Waals surface area contributed by atoms with E-state index in [0.717, 1.165) is 6.54 Å². The van der Waals surface area contributed by atoms with Crippen molar-refractivity contribution in [1.82, 2.24) is 5.32 Å². The maximum atomic E-state index is 3.62. The predicted octanol–water partition coefficient (Wildman–Crippen LogP) is 4.04. The number of aryl methyl sites for hydroxylation is 2. The molecule has 0 aliphatic rings. The van der Waals surface area contributed by atoms with Crippen LogP contribution in [0.4, 0.5) is 0 Å². The Balaban J connectivity index is 2.96. The van der Waals surface area contributed by atoms with E-state index in [1.54, 1.807) is 0 Å². The minimum atomic E-state index is 0.557. The quantitative estimate of drug-likeness (QED) is 0.809. The first-order chi connectivity index (χ1) is 7.95. The number of hydrogen-bond donors (Lipinski definition) is 1. The van der Waals surface area contributed by atoms with Crippen LogP contribution in [0, 0.1) is 19.8 Å². The Morgan fingerprint density at radius 3 is 1.94 bits per heavy atom. The largest absolute Gasteiger partial charge is 0.313 e. The van der Waals surface area contributed by atoms with Crippen molar-refractivity contribution in [3.8, 4) is 0 Å². The van der Waals surface area contributed by atoms with Gasteiger partial charge in [0.05, 0.1) is 0 Å². The van der Waals surface area contributed by atoms with E-state index in [2.05, 4.69) is 65.1 Å². The Bertz CT molecular complexity index is 334. The Kier molecular flexibility index (Phi) is 5.20. The number of rotatable bonds is 5. The van der Waals surface area contributed by atoms with Crippen molar-refractivity contribution in [2.45, 2.75) is 53.5 Å². The standard InChI is InChI=1S/C16H27N/c1-7-17-16(11(2)3)14(6)15-9-12(4)8-13(5)10-15/h8-11,14,16-17H,7H2,1-6H3. The molecule has 0 radical (unpaired) electrons. The summed E-state index contributed by atoms with van der Waals surface area (Å²) >= 11 is 0. The fourth-order valence-corrected chi connectivity index (χ4v) is 2.71. The fraction of sp³-hybridized carbons (Fsp3) is 0.625. The maximum absolute atomic E-state index is 3.62. The first-order valence-electron chi connectivity index (χ1n) is 6.77. The number of hydrogen-bond acceptors (Lipinski definition) is 1. The van der Waals surface area contributed by atoms with Crippen LogP contribution in [0.25, 0.3) is 0 Å². The molecule has 0 bridgehead atoms. The zero-order valence-corrected chi connectivity index (χ0v) is 12.2. The van der Waals surface area contributed by atoms with Gasteiger partial charge in [-0.05, 0) is 37.8 Å². The Hall–Kier alpha value is -0.820. The summed E-state index contributed by atoms with van der Waals surface area (Å²) in [5.74, 6) is 1.22. The number of benzene rings is 1. The monoisotopic (exact) mass is 233 g/mol. The zero-order chi connectivity index (χ0) is 13.0. The lowest BCUT2D eigenvalue weighted by molar-refractivity contribution is 0.360. The summed E-state index contributed by atoms with van der Waals surface area (Å²) in [6.07, 6.45) is 0. The minimum absolute atomic E-state index is 0.557. The Morgan fingerprint density at radius 1 is 1.00 bits per heavy atom. The molecule has 96 valence electrons. The lowest BCUT2D eigenvalue weighted by atomic mass is 9.85. The molecule has 0 saturated carbocycles. The summed E-state index contributed by atoms with van der Waals surface area (Å²) in [6.45, 7) is 14.5. The number of likely N-dealkylation sites (N-methyl/N-ethyl adjacent to an activating group) is 1. The lowest BCUT2D eigenvalue weighted by Gasteiger charge is -2.29. The summed E-state index contributed by atoms with van der Waals surface area (Å²) < 4.78 is 0. The van der Waals surface area contributed by atoms with Crippen LogP contribution in [-0.2, 0) is 0 Å². The molecular formula is C16H27N. The van der Waals surface area contributed by atoms with Gasteiger partial charge in [0.15, 0.2) is 0 Å². The van der Waals surface area contributed by atoms with Crippen LogP contribution in [0.3, 0.4) is 0 Å². The molecule has 2 unspecified atom stereocenters. The Labute approximate surface area is 107 Å². The SMILES string of the molecule is CCNC(C(C)C)C(C)c1cc(C)cc(C)c1. The second-order valence-electron chi connectivity index (χ2n) is 5.54. The summed E-state index contributed by atoms with van der Waals surface area (Å²) in [7, 11) is 0. The first-order valence-corrected chi connectivity index (χ1v) is 6.77. The average Bonchev–Trinajstić information content (AvgIpc) is 2.23. The molecule has 0 aliphatic carbocycles. The molecule has 1 aromatic carbocycles. The van der Waals surface area contributed by atoms with Gasteiger partial charge in [0, 0.05) is 6.04 Å². The van der Waals surface area contributed by atoms with E-state index in [4.69, 9.17) is 0 Å². The van der Waals surface area contributed by atoms with E-state index >= 15 is 0 Å². The molecule has 0 aliphatic heterocycles. The van der Waals surface area contributed by atoms with Gasteiger partial charge in [-0.25, -0.2) is 0 Å².